The van der Waals surface area contributed by atoms with Crippen LogP contribution in [-0.2, 0) is 0 Å². The van der Waals surface area contributed by atoms with Crippen LogP contribution in [0.25, 0.3) is 33.2 Å². The summed E-state index contributed by atoms with van der Waals surface area (Å²) in [5.41, 5.74) is 4.61. The van der Waals surface area contributed by atoms with Gasteiger partial charge in [-0.2, -0.15) is 5.10 Å². The van der Waals surface area contributed by atoms with Crippen LogP contribution in [0.2, 0.25) is 0 Å². The van der Waals surface area contributed by atoms with Crippen LogP contribution in [0.4, 0.5) is 0 Å². The van der Waals surface area contributed by atoms with Crippen molar-refractivity contribution in [2.75, 3.05) is 33.2 Å². The molecule has 3 heterocycles. The summed E-state index contributed by atoms with van der Waals surface area (Å²) < 4.78 is 0. The number of hydrogen-bond acceptors (Lipinski definition) is 3. The van der Waals surface area contributed by atoms with Crippen molar-refractivity contribution < 1.29 is 4.79 Å². The van der Waals surface area contributed by atoms with Gasteiger partial charge in [-0.25, -0.2) is 0 Å². The Bertz CT molecular complexity index is 1130. The van der Waals surface area contributed by atoms with Gasteiger partial charge in [0.05, 0.1) is 11.2 Å². The summed E-state index contributed by atoms with van der Waals surface area (Å²) in [5, 5.41) is 9.64. The van der Waals surface area contributed by atoms with Crippen molar-refractivity contribution in [2.24, 2.45) is 0 Å². The van der Waals surface area contributed by atoms with Crippen LogP contribution in [0.15, 0.2) is 48.5 Å². The minimum Gasteiger partial charge on any atom is -0.353 e. The van der Waals surface area contributed by atoms with Gasteiger partial charge in [-0.3, -0.25) is 9.89 Å². The van der Waals surface area contributed by atoms with Crippen molar-refractivity contribution in [2.45, 2.75) is 0 Å². The lowest BCUT2D eigenvalue weighted by atomic mass is 10.1. The number of H-pyrrole nitrogens is 2. The summed E-state index contributed by atoms with van der Waals surface area (Å²) >= 11 is 0. The van der Waals surface area contributed by atoms with Crippen molar-refractivity contribution in [3.63, 3.8) is 0 Å². The lowest BCUT2D eigenvalue weighted by molar-refractivity contribution is 0.0664. The summed E-state index contributed by atoms with van der Waals surface area (Å²) in [6, 6.07) is 16.0. The second-order valence-electron chi connectivity index (χ2n) is 7.20. The van der Waals surface area contributed by atoms with Gasteiger partial charge in [-0.15, -0.1) is 0 Å². The van der Waals surface area contributed by atoms with Crippen molar-refractivity contribution in [1.82, 2.24) is 25.0 Å². The molecular formula is C21H21N5O. The molecule has 2 aromatic carbocycles. The average Bonchev–Trinajstić information content (AvgIpc) is 3.31. The van der Waals surface area contributed by atoms with Gasteiger partial charge < -0.3 is 14.8 Å². The zero-order valence-corrected chi connectivity index (χ0v) is 15.2. The van der Waals surface area contributed by atoms with Crippen LogP contribution >= 0.6 is 0 Å². The minimum absolute atomic E-state index is 0.109. The third-order valence-corrected chi connectivity index (χ3v) is 5.38. The number of likely N-dealkylation sites (N-methyl/N-ethyl adjacent to an activating group) is 1. The molecule has 0 unspecified atom stereocenters. The number of nitrogens with zero attached hydrogens (tertiary/aromatic N) is 3. The Hall–Kier alpha value is -3.12. The number of benzene rings is 2. The lowest BCUT2D eigenvalue weighted by Gasteiger charge is -2.32. The molecule has 0 atom stereocenters. The maximum atomic E-state index is 12.8. The number of nitrogens with one attached hydrogen (secondary N) is 2. The molecular weight excluding hydrogens is 338 g/mol. The van der Waals surface area contributed by atoms with E-state index in [1.165, 1.54) is 0 Å². The monoisotopic (exact) mass is 359 g/mol. The third-order valence-electron chi connectivity index (χ3n) is 5.38. The normalized spacial score (nSPS) is 15.7. The molecule has 1 fully saturated rings. The van der Waals surface area contributed by atoms with Crippen LogP contribution in [0, 0.1) is 0 Å². The number of hydrogen-bond donors (Lipinski definition) is 2. The Labute approximate surface area is 156 Å². The first kappa shape index (κ1) is 16.1. The molecule has 0 spiro atoms. The van der Waals surface area contributed by atoms with Crippen molar-refractivity contribution >= 4 is 27.7 Å². The van der Waals surface area contributed by atoms with Gasteiger partial charge in [0.1, 0.15) is 5.69 Å². The van der Waals surface area contributed by atoms with Crippen LogP contribution in [0.3, 0.4) is 0 Å². The zero-order chi connectivity index (χ0) is 18.4. The first-order valence-electron chi connectivity index (χ1n) is 9.23. The lowest BCUT2D eigenvalue weighted by Crippen LogP contribution is -2.47. The smallest absolute Gasteiger partial charge is 0.253 e. The summed E-state index contributed by atoms with van der Waals surface area (Å²) in [6.07, 6.45) is 0. The van der Waals surface area contributed by atoms with E-state index in [0.29, 0.717) is 0 Å². The molecule has 0 aliphatic carbocycles. The van der Waals surface area contributed by atoms with Gasteiger partial charge in [0.25, 0.3) is 5.91 Å². The number of aromatic nitrogens is 3. The highest BCUT2D eigenvalue weighted by Gasteiger charge is 2.21. The maximum absolute atomic E-state index is 12.8. The molecule has 1 amide bonds. The molecule has 0 bridgehead atoms. The summed E-state index contributed by atoms with van der Waals surface area (Å²) in [6.45, 7) is 3.42. The van der Waals surface area contributed by atoms with Gasteiger partial charge in [-0.05, 0) is 37.4 Å². The largest absolute Gasteiger partial charge is 0.353 e. The standard InChI is InChI=1S/C21H21N5O/c1-25-8-10-26(11-9-25)21(27)14-6-7-17-15(12-14)13-19(22-17)20-16-4-2-3-5-18(16)23-24-20/h2-7,12-13,22H,8-11H2,1H3,(H,23,24). The van der Waals surface area contributed by atoms with Crippen molar-refractivity contribution in [3.05, 3.63) is 54.1 Å². The number of para-hydroxylation sites is 1. The first-order chi connectivity index (χ1) is 13.2. The average molecular weight is 359 g/mol. The van der Waals surface area contributed by atoms with Crippen molar-refractivity contribution in [3.8, 4) is 11.4 Å². The fourth-order valence-electron chi connectivity index (χ4n) is 3.75. The Morgan fingerprint density at radius 3 is 2.67 bits per heavy atom. The van der Waals surface area contributed by atoms with Crippen LogP contribution in [0.1, 0.15) is 10.4 Å². The predicted octanol–water partition coefficient (Wildman–Crippen LogP) is 3.10. The SMILES string of the molecule is CN1CCN(C(=O)c2ccc3[nH]c(-c4n[nH]c5ccccc45)cc3c2)CC1. The highest BCUT2D eigenvalue weighted by atomic mass is 16.2. The fourth-order valence-corrected chi connectivity index (χ4v) is 3.75. The molecule has 136 valence electrons. The second-order valence-corrected chi connectivity index (χ2v) is 7.20. The molecule has 27 heavy (non-hydrogen) atoms. The summed E-state index contributed by atoms with van der Waals surface area (Å²) in [7, 11) is 2.09. The Morgan fingerprint density at radius 2 is 1.81 bits per heavy atom. The van der Waals surface area contributed by atoms with Gasteiger partial charge >= 0.3 is 0 Å². The Kier molecular flexibility index (Phi) is 3.72. The fraction of sp³-hybridized carbons (Fsp3) is 0.238. The van der Waals surface area contributed by atoms with E-state index in [4.69, 9.17) is 0 Å². The Balaban J connectivity index is 1.49. The van der Waals surface area contributed by atoms with Crippen molar-refractivity contribution in [1.29, 1.82) is 0 Å². The molecule has 6 nitrogen and oxygen atoms in total. The number of carbonyl (C=O) groups excluding carboxylic acids is 1. The number of carbonyl (C=O) groups is 1. The van der Waals surface area contributed by atoms with Gasteiger partial charge in [0.2, 0.25) is 0 Å². The quantitative estimate of drug-likeness (QED) is 0.578. The van der Waals surface area contributed by atoms with Crippen LogP contribution in [0.5, 0.6) is 0 Å². The second kappa shape index (κ2) is 6.25. The topological polar surface area (TPSA) is 68.0 Å². The molecule has 5 rings (SSSR count). The zero-order valence-electron chi connectivity index (χ0n) is 15.2. The highest BCUT2D eigenvalue weighted by molar-refractivity contribution is 6.00. The highest BCUT2D eigenvalue weighted by Crippen LogP contribution is 2.29. The summed E-state index contributed by atoms with van der Waals surface area (Å²) in [4.78, 5) is 20.5. The number of aromatic amines is 2. The predicted molar refractivity (Wildman–Crippen MR) is 107 cm³/mol. The molecule has 1 aliphatic rings. The molecule has 1 aliphatic heterocycles. The van der Waals surface area contributed by atoms with E-state index in [9.17, 15) is 4.79 Å². The number of piperazine rings is 1. The van der Waals surface area contributed by atoms with E-state index >= 15 is 0 Å². The molecule has 6 heteroatoms. The molecule has 2 N–H and O–H groups in total. The molecule has 1 saturated heterocycles. The molecule has 0 saturated carbocycles. The van der Waals surface area contributed by atoms with E-state index in [2.05, 4.69) is 39.3 Å². The van der Waals surface area contributed by atoms with Gasteiger partial charge in [0.15, 0.2) is 0 Å². The number of fused-ring (bicyclic) bond motifs is 2. The minimum atomic E-state index is 0.109. The van der Waals surface area contributed by atoms with E-state index in [1.807, 2.05) is 41.3 Å². The Morgan fingerprint density at radius 1 is 1.00 bits per heavy atom. The first-order valence-corrected chi connectivity index (χ1v) is 9.23. The van der Waals surface area contributed by atoms with Crippen LogP contribution in [-0.4, -0.2) is 64.1 Å². The molecule has 0 radical (unpaired) electrons. The van der Waals surface area contributed by atoms with Gasteiger partial charge in [-0.1, -0.05) is 18.2 Å². The summed E-state index contributed by atoms with van der Waals surface area (Å²) in [5.74, 6) is 0.109. The number of rotatable bonds is 2. The van der Waals surface area contributed by atoms with E-state index < -0.39 is 0 Å². The van der Waals surface area contributed by atoms with Crippen LogP contribution < -0.4 is 0 Å². The van der Waals surface area contributed by atoms with E-state index in [1.54, 1.807) is 0 Å². The van der Waals surface area contributed by atoms with E-state index in [-0.39, 0.29) is 5.91 Å². The third kappa shape index (κ3) is 2.78. The number of amides is 1. The molecule has 2 aromatic heterocycles. The molecule has 4 aromatic rings. The van der Waals surface area contributed by atoms with E-state index in [0.717, 1.165) is 64.9 Å². The van der Waals surface area contributed by atoms with Gasteiger partial charge in [0, 0.05) is 48.0 Å². The maximum Gasteiger partial charge on any atom is 0.253 e.